The topological polar surface area (TPSA) is 74.2 Å². The second kappa shape index (κ2) is 5.80. The molecule has 1 aromatic carbocycles. The molecule has 1 aromatic heterocycles. The molecule has 0 aliphatic heterocycles. The third-order valence-electron chi connectivity index (χ3n) is 3.00. The van der Waals surface area contributed by atoms with Gasteiger partial charge in [0.2, 0.25) is 5.69 Å². The Morgan fingerprint density at radius 1 is 1.29 bits per heavy atom. The number of hydrogen-bond donors (Lipinski definition) is 1. The van der Waals surface area contributed by atoms with Crippen LogP contribution >= 0.6 is 0 Å². The van der Waals surface area contributed by atoms with E-state index in [4.69, 9.17) is 9.68 Å². The number of nitrogens with one attached hydrogen (secondary N) is 1. The lowest BCUT2D eigenvalue weighted by Gasteiger charge is -2.18. The Hall–Kier alpha value is -2.61. The quantitative estimate of drug-likeness (QED) is 0.689. The van der Waals surface area contributed by atoms with Crippen molar-refractivity contribution in [2.45, 2.75) is 33.1 Å². The molecule has 0 unspecified atom stereocenters. The van der Waals surface area contributed by atoms with Gasteiger partial charge in [0.15, 0.2) is 5.89 Å². The van der Waals surface area contributed by atoms with Crippen molar-refractivity contribution >= 4 is 12.1 Å². The maximum atomic E-state index is 8.89. The van der Waals surface area contributed by atoms with Gasteiger partial charge in [-0.15, -0.1) is 0 Å². The Labute approximate surface area is 124 Å². The van der Waals surface area contributed by atoms with Crippen LogP contribution in [0.3, 0.4) is 0 Å². The predicted molar refractivity (Wildman–Crippen MR) is 82.3 cm³/mol. The largest absolute Gasteiger partial charge is 0.422 e. The van der Waals surface area contributed by atoms with Crippen molar-refractivity contribution in [3.8, 4) is 6.07 Å². The number of aryl methyl sites for hydroxylation is 1. The molecule has 5 nitrogen and oxygen atoms in total. The van der Waals surface area contributed by atoms with Crippen LogP contribution in [0, 0.1) is 18.3 Å². The van der Waals surface area contributed by atoms with Crippen molar-refractivity contribution < 1.29 is 4.42 Å². The van der Waals surface area contributed by atoms with E-state index in [0.29, 0.717) is 5.89 Å². The number of hydrogen-bond acceptors (Lipinski definition) is 5. The van der Waals surface area contributed by atoms with Crippen molar-refractivity contribution in [3.63, 3.8) is 0 Å². The average molecular weight is 282 g/mol. The van der Waals surface area contributed by atoms with E-state index in [9.17, 15) is 0 Å². The van der Waals surface area contributed by atoms with Gasteiger partial charge in [0.1, 0.15) is 6.07 Å². The fourth-order valence-corrected chi connectivity index (χ4v) is 1.81. The summed E-state index contributed by atoms with van der Waals surface area (Å²) in [5, 5.41) is 13.0. The fourth-order valence-electron chi connectivity index (χ4n) is 1.81. The first-order chi connectivity index (χ1) is 9.90. The van der Waals surface area contributed by atoms with Gasteiger partial charge in [-0.25, -0.2) is 10.4 Å². The fraction of sp³-hybridized carbons (Fsp3) is 0.312. The summed E-state index contributed by atoms with van der Waals surface area (Å²) >= 11 is 0. The molecule has 1 heterocycles. The van der Waals surface area contributed by atoms with Crippen molar-refractivity contribution in [1.29, 1.82) is 5.26 Å². The molecule has 0 amide bonds. The minimum Gasteiger partial charge on any atom is -0.422 e. The molecule has 2 rings (SSSR count). The first-order valence-electron chi connectivity index (χ1n) is 6.67. The Morgan fingerprint density at radius 3 is 2.52 bits per heavy atom. The molecule has 2 aromatic rings. The zero-order chi connectivity index (χ0) is 15.5. The van der Waals surface area contributed by atoms with E-state index in [1.807, 2.05) is 18.2 Å². The van der Waals surface area contributed by atoms with Crippen LogP contribution in [0.25, 0.3) is 0 Å². The van der Waals surface area contributed by atoms with Crippen LogP contribution in [0.2, 0.25) is 0 Å². The molecule has 1 N–H and O–H groups in total. The van der Waals surface area contributed by atoms with Crippen LogP contribution in [0.4, 0.5) is 5.88 Å². The van der Waals surface area contributed by atoms with Crippen LogP contribution in [0.15, 0.2) is 33.8 Å². The molecule has 5 heteroatoms. The number of nitrogens with zero attached hydrogens (tertiary/aromatic N) is 3. The number of oxazole rings is 1. The number of benzene rings is 1. The van der Waals surface area contributed by atoms with Gasteiger partial charge < -0.3 is 4.42 Å². The summed E-state index contributed by atoms with van der Waals surface area (Å²) in [7, 11) is 0. The van der Waals surface area contributed by atoms with Crippen LogP contribution < -0.4 is 5.43 Å². The van der Waals surface area contributed by atoms with E-state index in [1.165, 1.54) is 5.56 Å². The maximum Gasteiger partial charge on any atom is 0.252 e. The second-order valence-electron chi connectivity index (χ2n) is 5.76. The molecule has 0 saturated carbocycles. The molecule has 108 valence electrons. The van der Waals surface area contributed by atoms with Crippen LogP contribution in [0.5, 0.6) is 0 Å². The van der Waals surface area contributed by atoms with E-state index in [-0.39, 0.29) is 17.0 Å². The van der Waals surface area contributed by atoms with Crippen LogP contribution in [-0.2, 0) is 5.41 Å². The highest BCUT2D eigenvalue weighted by atomic mass is 16.4. The Balaban J connectivity index is 2.06. The Morgan fingerprint density at radius 2 is 1.95 bits per heavy atom. The van der Waals surface area contributed by atoms with E-state index in [0.717, 1.165) is 5.56 Å². The zero-order valence-corrected chi connectivity index (χ0v) is 12.6. The summed E-state index contributed by atoms with van der Waals surface area (Å²) in [5.41, 5.74) is 5.26. The number of nitriles is 1. The van der Waals surface area contributed by atoms with Gasteiger partial charge in [0.25, 0.3) is 5.88 Å². The summed E-state index contributed by atoms with van der Waals surface area (Å²) in [5.74, 6) is 0.691. The lowest BCUT2D eigenvalue weighted by Crippen LogP contribution is -2.10. The SMILES string of the molecule is Cc1nc(C#N)c(N/N=C\c2ccc(C(C)(C)C)cc2)o1. The van der Waals surface area contributed by atoms with Crippen LogP contribution in [-0.4, -0.2) is 11.2 Å². The van der Waals surface area contributed by atoms with Gasteiger partial charge in [0, 0.05) is 6.92 Å². The highest BCUT2D eigenvalue weighted by Gasteiger charge is 2.12. The van der Waals surface area contributed by atoms with Gasteiger partial charge in [-0.1, -0.05) is 45.0 Å². The molecule has 0 saturated heterocycles. The minimum atomic E-state index is 0.132. The monoisotopic (exact) mass is 282 g/mol. The highest BCUT2D eigenvalue weighted by molar-refractivity contribution is 5.80. The van der Waals surface area contributed by atoms with Gasteiger partial charge in [-0.3, -0.25) is 0 Å². The van der Waals surface area contributed by atoms with E-state index in [1.54, 1.807) is 13.1 Å². The van der Waals surface area contributed by atoms with Gasteiger partial charge in [0.05, 0.1) is 6.21 Å². The minimum absolute atomic E-state index is 0.132. The molecule has 0 aliphatic rings. The molecule has 0 fully saturated rings. The summed E-state index contributed by atoms with van der Waals surface area (Å²) in [4.78, 5) is 3.93. The number of anilines is 1. The van der Waals surface area contributed by atoms with Gasteiger partial charge in [-0.2, -0.15) is 10.4 Å². The zero-order valence-electron chi connectivity index (χ0n) is 12.6. The lowest BCUT2D eigenvalue weighted by atomic mass is 9.87. The number of hydrazone groups is 1. The maximum absolute atomic E-state index is 8.89. The molecule has 0 bridgehead atoms. The van der Waals surface area contributed by atoms with Gasteiger partial charge >= 0.3 is 0 Å². The predicted octanol–water partition coefficient (Wildman–Crippen LogP) is 3.60. The van der Waals surface area contributed by atoms with E-state index >= 15 is 0 Å². The van der Waals surface area contributed by atoms with Crippen LogP contribution in [0.1, 0.15) is 43.5 Å². The molecule has 0 spiro atoms. The number of rotatable bonds is 3. The molecule has 0 radical (unpaired) electrons. The average Bonchev–Trinajstić information content (AvgIpc) is 2.79. The third-order valence-corrected chi connectivity index (χ3v) is 3.00. The first-order valence-corrected chi connectivity index (χ1v) is 6.67. The van der Waals surface area contributed by atoms with Crippen molar-refractivity contribution in [2.24, 2.45) is 5.10 Å². The second-order valence-corrected chi connectivity index (χ2v) is 5.76. The number of aromatic nitrogens is 1. The molecule has 0 atom stereocenters. The molecule has 21 heavy (non-hydrogen) atoms. The molecular formula is C16H18N4O. The van der Waals surface area contributed by atoms with Gasteiger partial charge in [-0.05, 0) is 16.5 Å². The molecule has 0 aliphatic carbocycles. The standard InChI is InChI=1S/C16H18N4O/c1-11-19-14(9-17)15(21-11)20-18-10-12-5-7-13(8-6-12)16(2,3)4/h5-8,10,20H,1-4H3/b18-10-. The van der Waals surface area contributed by atoms with Crippen molar-refractivity contribution in [3.05, 3.63) is 47.0 Å². The third kappa shape index (κ3) is 3.69. The summed E-state index contributed by atoms with van der Waals surface area (Å²) in [6, 6.07) is 10.1. The Kier molecular flexibility index (Phi) is 4.08. The summed E-state index contributed by atoms with van der Waals surface area (Å²) in [6.07, 6.45) is 1.67. The van der Waals surface area contributed by atoms with E-state index < -0.39 is 0 Å². The normalized spacial score (nSPS) is 11.6. The summed E-state index contributed by atoms with van der Waals surface area (Å²) in [6.45, 7) is 8.20. The van der Waals surface area contributed by atoms with Crippen molar-refractivity contribution in [2.75, 3.05) is 5.43 Å². The lowest BCUT2D eigenvalue weighted by molar-refractivity contribution is 0.533. The van der Waals surface area contributed by atoms with E-state index in [2.05, 4.69) is 48.4 Å². The van der Waals surface area contributed by atoms with Crippen molar-refractivity contribution in [1.82, 2.24) is 4.98 Å². The Bertz CT molecular complexity index is 685. The molecular weight excluding hydrogens is 264 g/mol. The smallest absolute Gasteiger partial charge is 0.252 e. The highest BCUT2D eigenvalue weighted by Crippen LogP contribution is 2.21. The summed E-state index contributed by atoms with van der Waals surface area (Å²) < 4.78 is 5.25. The first kappa shape index (κ1) is 14.8.